The molecule has 1 heterocycles. The van der Waals surface area contributed by atoms with Gasteiger partial charge in [-0.3, -0.25) is 9.69 Å². The molecule has 3 aromatic rings. The van der Waals surface area contributed by atoms with Crippen molar-refractivity contribution < 1.29 is 31.5 Å². The molecule has 1 aliphatic rings. The predicted octanol–water partition coefficient (Wildman–Crippen LogP) is 7.07. The summed E-state index contributed by atoms with van der Waals surface area (Å²) in [5, 5.41) is 0. The highest BCUT2D eigenvalue weighted by Crippen LogP contribution is 2.43. The first-order valence-corrected chi connectivity index (χ1v) is 13.1. The molecule has 0 saturated carbocycles. The third-order valence-corrected chi connectivity index (χ3v) is 8.11. The van der Waals surface area contributed by atoms with Crippen LogP contribution >= 0.6 is 43.5 Å². The molecule has 6 nitrogen and oxygen atoms in total. The number of hydrogen-bond donors (Lipinski definition) is 0. The van der Waals surface area contributed by atoms with Crippen molar-refractivity contribution >= 4 is 78.3 Å². The molecule has 0 aliphatic carbocycles. The van der Waals surface area contributed by atoms with Crippen LogP contribution in [0.4, 0.5) is 43.8 Å². The van der Waals surface area contributed by atoms with Gasteiger partial charge in [0.2, 0.25) is 5.84 Å². The van der Waals surface area contributed by atoms with Crippen LogP contribution in [0.15, 0.2) is 65.7 Å². The van der Waals surface area contributed by atoms with Crippen molar-refractivity contribution in [2.75, 3.05) is 22.7 Å². The molecule has 1 aliphatic heterocycles. The zero-order valence-electron chi connectivity index (χ0n) is 19.7. The van der Waals surface area contributed by atoms with Crippen LogP contribution in [0.3, 0.4) is 0 Å². The van der Waals surface area contributed by atoms with Gasteiger partial charge in [-0.25, -0.2) is 36.6 Å². The molecule has 0 bridgehead atoms. The summed E-state index contributed by atoms with van der Waals surface area (Å²) in [7, 11) is 1.14. The molecule has 0 spiro atoms. The lowest BCUT2D eigenvalue weighted by molar-refractivity contribution is -0.119. The molecule has 1 atom stereocenters. The van der Waals surface area contributed by atoms with Crippen LogP contribution in [0.2, 0.25) is 0 Å². The first-order valence-electron chi connectivity index (χ1n) is 10.9. The topological polar surface area (TPSA) is 56.2 Å². The van der Waals surface area contributed by atoms with E-state index in [2.05, 4.69) is 36.9 Å². The summed E-state index contributed by atoms with van der Waals surface area (Å²) in [6.07, 6.45) is -1.62. The number of imide groups is 1. The fourth-order valence-corrected chi connectivity index (χ4v) is 4.56. The number of para-hydroxylation sites is 1. The number of rotatable bonds is 7. The number of amidine groups is 1. The summed E-state index contributed by atoms with van der Waals surface area (Å²) in [5.41, 5.74) is -1.19. The van der Waals surface area contributed by atoms with Crippen LogP contribution < -0.4 is 9.80 Å². The fraction of sp³-hybridized carbons (Fsp3) is 0.160. The molecule has 1 unspecified atom stereocenters. The quantitative estimate of drug-likeness (QED) is 0.151. The fourth-order valence-electron chi connectivity index (χ4n) is 3.81. The largest absolute Gasteiger partial charge is 0.337 e. The number of alkyl halides is 3. The summed E-state index contributed by atoms with van der Waals surface area (Å²) in [6.45, 7) is 0. The number of urea groups is 1. The molecule has 4 rings (SSSR count). The van der Waals surface area contributed by atoms with Crippen LogP contribution in [0.5, 0.6) is 0 Å². The van der Waals surface area contributed by atoms with E-state index < -0.39 is 67.6 Å². The van der Waals surface area contributed by atoms with E-state index in [4.69, 9.17) is 11.6 Å². The Morgan fingerprint density at radius 2 is 1.44 bits per heavy atom. The third kappa shape index (κ3) is 5.52. The summed E-state index contributed by atoms with van der Waals surface area (Å²) >= 11 is 12.8. The van der Waals surface area contributed by atoms with Crippen LogP contribution in [0, 0.1) is 29.1 Å². The number of anilines is 3. The molecule has 1 saturated heterocycles. The Hall–Kier alpha value is -3.03. The maximum absolute atomic E-state index is 15.2. The van der Waals surface area contributed by atoms with Gasteiger partial charge in [-0.1, -0.05) is 44.0 Å². The molecule has 1 fully saturated rings. The summed E-state index contributed by atoms with van der Waals surface area (Å²) in [6, 6.07) is 8.95. The average molecular weight is 695 g/mol. The Morgan fingerprint density at radius 1 is 0.897 bits per heavy atom. The Morgan fingerprint density at radius 3 is 1.92 bits per heavy atom. The normalized spacial score (nSPS) is 15.9. The van der Waals surface area contributed by atoms with Gasteiger partial charge in [0.15, 0.2) is 6.17 Å². The average Bonchev–Trinajstić information content (AvgIpc) is 3.09. The molecule has 0 aromatic heterocycles. The zero-order valence-corrected chi connectivity index (χ0v) is 23.6. The van der Waals surface area contributed by atoms with Crippen molar-refractivity contribution in [1.29, 1.82) is 0 Å². The van der Waals surface area contributed by atoms with Crippen molar-refractivity contribution in [1.82, 2.24) is 4.90 Å². The number of hydrogen-bond acceptors (Lipinski definition) is 4. The second-order valence-corrected chi connectivity index (χ2v) is 12.4. The van der Waals surface area contributed by atoms with E-state index >= 15 is 8.78 Å². The lowest BCUT2D eigenvalue weighted by Crippen LogP contribution is -2.46. The van der Waals surface area contributed by atoms with Crippen LogP contribution in [0.25, 0.3) is 0 Å². The third-order valence-electron chi connectivity index (χ3n) is 5.66. The first-order chi connectivity index (χ1) is 18.4. The minimum Gasteiger partial charge on any atom is -0.311 e. The Bertz CT molecular complexity index is 1440. The minimum atomic E-state index is -1.62. The molecule has 14 heteroatoms. The second kappa shape index (κ2) is 11.2. The molecule has 204 valence electrons. The number of carbonyl (C=O) groups excluding carboxylic acids is 2. The maximum Gasteiger partial charge on any atom is 0.337 e. The number of likely N-dealkylation sites (N-methyl/N-ethyl adjacent to an activating group) is 1. The highest BCUT2D eigenvalue weighted by Gasteiger charge is 2.47. The summed E-state index contributed by atoms with van der Waals surface area (Å²) in [5.74, 6) is -6.98. The summed E-state index contributed by atoms with van der Waals surface area (Å²) < 4.78 is 71.1. The van der Waals surface area contributed by atoms with Gasteiger partial charge >= 0.3 is 6.03 Å². The molecule has 0 N–H and O–H groups in total. The van der Waals surface area contributed by atoms with E-state index in [1.54, 1.807) is 0 Å². The first kappa shape index (κ1) is 29.0. The van der Waals surface area contributed by atoms with E-state index in [1.807, 2.05) is 0 Å². The van der Waals surface area contributed by atoms with E-state index in [1.165, 1.54) is 18.2 Å². The molecular weight excluding hydrogens is 679 g/mol. The zero-order chi connectivity index (χ0) is 28.6. The van der Waals surface area contributed by atoms with Crippen molar-refractivity contribution in [2.45, 2.75) is 9.40 Å². The lowest BCUT2D eigenvalue weighted by atomic mass is 10.1. The second-order valence-electron chi connectivity index (χ2n) is 8.22. The highest BCUT2D eigenvalue weighted by atomic mass is 79.9. The van der Waals surface area contributed by atoms with Crippen molar-refractivity contribution in [3.63, 3.8) is 0 Å². The van der Waals surface area contributed by atoms with Gasteiger partial charge < -0.3 is 4.90 Å². The number of carbonyl (C=O) groups is 2. The monoisotopic (exact) mass is 692 g/mol. The number of halogens is 8. The number of benzene rings is 3. The van der Waals surface area contributed by atoms with Crippen molar-refractivity contribution in [2.24, 2.45) is 4.99 Å². The van der Waals surface area contributed by atoms with E-state index in [-0.39, 0.29) is 11.6 Å². The van der Waals surface area contributed by atoms with Crippen LogP contribution in [0.1, 0.15) is 0 Å². The molecule has 3 aromatic carbocycles. The van der Waals surface area contributed by atoms with Gasteiger partial charge in [-0.05, 0) is 36.4 Å². The number of amides is 3. The Labute approximate surface area is 240 Å². The van der Waals surface area contributed by atoms with Gasteiger partial charge in [0, 0.05) is 19.2 Å². The number of aliphatic imine (C=N–C) groups is 1. The summed E-state index contributed by atoms with van der Waals surface area (Å²) in [4.78, 5) is 32.8. The van der Waals surface area contributed by atoms with Crippen molar-refractivity contribution in [3.05, 3.63) is 89.7 Å². The predicted molar refractivity (Wildman–Crippen MR) is 144 cm³/mol. The van der Waals surface area contributed by atoms with E-state index in [0.717, 1.165) is 42.3 Å². The Balaban J connectivity index is 2.03. The molecule has 3 amide bonds. The highest BCUT2D eigenvalue weighted by molar-refractivity contribution is 9.25. The SMILES string of the molecule is CN1C(=O)/C(=N\C(N(c2ccc(F)cc2F)c2ccc(F)cc2F)C(Br)(Br)CCl)N(c2ccccc2F)C1=O. The van der Waals surface area contributed by atoms with E-state index in [0.29, 0.717) is 21.9 Å². The van der Waals surface area contributed by atoms with Crippen molar-refractivity contribution in [3.8, 4) is 0 Å². The Kier molecular flexibility index (Phi) is 8.33. The van der Waals surface area contributed by atoms with Crippen LogP contribution in [-0.2, 0) is 4.79 Å². The standard InChI is InChI=1S/C25H16Br2ClF5N4O2/c1-35-22(38)21(37(24(35)39)18-5-3-2-4-15(18)31)34-23(25(26,27)12-28)36(19-8-6-13(29)10-16(19)32)20-9-7-14(30)11-17(20)33/h2-11,23H,12H2,1H3/b34-21+. The molecule has 0 radical (unpaired) electrons. The van der Waals surface area contributed by atoms with Gasteiger partial charge in [-0.2, -0.15) is 0 Å². The van der Waals surface area contributed by atoms with Gasteiger partial charge in [-0.15, -0.1) is 11.6 Å². The maximum atomic E-state index is 15.2. The van der Waals surface area contributed by atoms with E-state index in [9.17, 15) is 22.8 Å². The smallest absolute Gasteiger partial charge is 0.311 e. The molecular formula is C25H16Br2ClF5N4O2. The van der Waals surface area contributed by atoms with Gasteiger partial charge in [0.05, 0.1) is 22.9 Å². The lowest BCUT2D eigenvalue weighted by Gasteiger charge is -2.38. The minimum absolute atomic E-state index is 0.314. The van der Waals surface area contributed by atoms with Crippen LogP contribution in [-0.4, -0.2) is 45.0 Å². The molecule has 39 heavy (non-hydrogen) atoms. The van der Waals surface area contributed by atoms with Gasteiger partial charge in [0.25, 0.3) is 5.91 Å². The number of nitrogens with zero attached hydrogens (tertiary/aromatic N) is 4. The van der Waals surface area contributed by atoms with Gasteiger partial charge in [0.1, 0.15) is 32.3 Å².